The first-order chi connectivity index (χ1) is 31.7. The lowest BCUT2D eigenvalue weighted by Gasteiger charge is -2.10. The van der Waals surface area contributed by atoms with Crippen LogP contribution in [0.15, 0.2) is 141 Å². The van der Waals surface area contributed by atoms with E-state index in [1.807, 2.05) is 12.2 Å². The Labute approximate surface area is 387 Å². The fourth-order valence-electron chi connectivity index (χ4n) is 6.55. The maximum absolute atomic E-state index is 13.0. The molecule has 5 aromatic carbocycles. The lowest BCUT2D eigenvalue weighted by atomic mass is 10.1. The molecule has 11 heteroatoms. The van der Waals surface area contributed by atoms with Gasteiger partial charge in [0.25, 0.3) is 0 Å². The van der Waals surface area contributed by atoms with E-state index in [2.05, 4.69) is 13.2 Å². The Hall–Kier alpha value is -6.65. The first-order valence-electron chi connectivity index (χ1n) is 22.3. The first-order valence-corrected chi connectivity index (χ1v) is 22.7. The van der Waals surface area contributed by atoms with Crippen LogP contribution in [0.4, 0.5) is 0 Å². The van der Waals surface area contributed by atoms with Gasteiger partial charge in [-0.2, -0.15) is 0 Å². The Morgan fingerprint density at radius 2 is 0.692 bits per heavy atom. The Kier molecular flexibility index (Phi) is 20.9. The van der Waals surface area contributed by atoms with E-state index in [0.29, 0.717) is 35.8 Å². The minimum Gasteiger partial charge on any atom is -0.494 e. The maximum Gasteiger partial charge on any atom is 0.343 e. The highest BCUT2D eigenvalue weighted by Gasteiger charge is 2.17. The number of halogens is 1. The second-order valence-electron chi connectivity index (χ2n) is 15.3. The highest BCUT2D eigenvalue weighted by Crippen LogP contribution is 2.31. The third kappa shape index (κ3) is 17.4. The molecule has 0 spiro atoms. The van der Waals surface area contributed by atoms with Crippen LogP contribution in [0.25, 0.3) is 0 Å². The number of esters is 4. The Balaban J connectivity index is 1.02. The van der Waals surface area contributed by atoms with Gasteiger partial charge in [-0.05, 0) is 148 Å². The number of ether oxygens (including phenoxy) is 6. The lowest BCUT2D eigenvalue weighted by molar-refractivity contribution is 0.0723. The van der Waals surface area contributed by atoms with Gasteiger partial charge in [0.15, 0.2) is 5.75 Å². The summed E-state index contributed by atoms with van der Waals surface area (Å²) in [4.78, 5) is 51.6. The van der Waals surface area contributed by atoms with Gasteiger partial charge in [0.2, 0.25) is 0 Å². The van der Waals surface area contributed by atoms with E-state index < -0.39 is 23.9 Å². The van der Waals surface area contributed by atoms with Gasteiger partial charge in [-0.1, -0.05) is 75.1 Å². The van der Waals surface area contributed by atoms with Crippen molar-refractivity contribution in [2.75, 3.05) is 13.2 Å². The molecule has 0 fully saturated rings. The van der Waals surface area contributed by atoms with Crippen molar-refractivity contribution in [1.82, 2.24) is 0 Å². The average Bonchev–Trinajstić information content (AvgIpc) is 3.32. The molecule has 0 aromatic heterocycles. The quantitative estimate of drug-likeness (QED) is 0.0207. The predicted octanol–water partition coefficient (Wildman–Crippen LogP) is 13.8. The Bertz CT molecular complexity index is 2280. The normalized spacial score (nSPS) is 10.7. The van der Waals surface area contributed by atoms with Crippen LogP contribution in [0.5, 0.6) is 34.5 Å². The van der Waals surface area contributed by atoms with Gasteiger partial charge >= 0.3 is 23.9 Å². The minimum atomic E-state index is -0.742. The topological polar surface area (TPSA) is 124 Å². The van der Waals surface area contributed by atoms with Crippen molar-refractivity contribution in [3.05, 3.63) is 168 Å². The largest absolute Gasteiger partial charge is 0.494 e. The molecule has 65 heavy (non-hydrogen) atoms. The Morgan fingerprint density at radius 3 is 1.08 bits per heavy atom. The number of rotatable bonds is 28. The molecule has 0 radical (unpaired) electrons. The smallest absolute Gasteiger partial charge is 0.343 e. The zero-order chi connectivity index (χ0) is 46.1. The first kappa shape index (κ1) is 49.4. The van der Waals surface area contributed by atoms with Gasteiger partial charge in [0.05, 0.1) is 40.5 Å². The number of benzene rings is 5. The molecule has 0 unspecified atom stereocenters. The second kappa shape index (κ2) is 27.5. The van der Waals surface area contributed by atoms with Gasteiger partial charge in [-0.15, -0.1) is 13.2 Å². The van der Waals surface area contributed by atoms with Crippen molar-refractivity contribution >= 4 is 35.5 Å². The molecule has 0 saturated heterocycles. The molecular weight excluding hydrogens is 844 g/mol. The van der Waals surface area contributed by atoms with Crippen LogP contribution in [0.2, 0.25) is 5.02 Å². The van der Waals surface area contributed by atoms with Gasteiger partial charge in [0.1, 0.15) is 28.7 Å². The van der Waals surface area contributed by atoms with Crippen LogP contribution in [-0.4, -0.2) is 37.1 Å². The average molecular weight is 901 g/mol. The van der Waals surface area contributed by atoms with E-state index in [1.54, 1.807) is 48.5 Å². The number of carbonyl (C=O) groups excluding carboxylic acids is 4. The van der Waals surface area contributed by atoms with Crippen LogP contribution in [0.1, 0.15) is 131 Å². The Morgan fingerprint density at radius 1 is 0.385 bits per heavy atom. The highest BCUT2D eigenvalue weighted by molar-refractivity contribution is 6.32. The third-order valence-corrected chi connectivity index (χ3v) is 10.6. The molecule has 10 nitrogen and oxygen atoms in total. The molecule has 0 amide bonds. The fraction of sp³-hybridized carbons (Fsp3) is 0.296. The van der Waals surface area contributed by atoms with E-state index in [-0.39, 0.29) is 39.1 Å². The van der Waals surface area contributed by atoms with Gasteiger partial charge in [-0.3, -0.25) is 0 Å². The maximum atomic E-state index is 13.0. The number of carbonyl (C=O) groups is 4. The fourth-order valence-corrected chi connectivity index (χ4v) is 6.71. The van der Waals surface area contributed by atoms with Crippen LogP contribution in [0, 0.1) is 0 Å². The molecule has 0 bridgehead atoms. The van der Waals surface area contributed by atoms with Gasteiger partial charge < -0.3 is 28.4 Å². The summed E-state index contributed by atoms with van der Waals surface area (Å²) in [6.45, 7) is 8.74. The standard InChI is InChI=1S/C54H57ClO10/c1-3-5-7-9-11-13-15-17-37-60-44-27-19-40(20-28-44)51(56)62-46-31-23-42(24-32-46)53(58)64-48-35-36-49(55)50(39-48)65-54(59)43-25-33-47(34-26-43)63-52(57)41-21-29-45(30-22-41)61-38-18-16-14-12-10-8-6-4-2/h3-4,19-36,39H,1-2,5-18,37-38H2. The van der Waals surface area contributed by atoms with Gasteiger partial charge in [0, 0.05) is 6.07 Å². The van der Waals surface area contributed by atoms with Crippen LogP contribution >= 0.6 is 11.6 Å². The van der Waals surface area contributed by atoms with Gasteiger partial charge in [-0.25, -0.2) is 19.2 Å². The predicted molar refractivity (Wildman–Crippen MR) is 253 cm³/mol. The molecule has 5 rings (SSSR count). The van der Waals surface area contributed by atoms with E-state index in [4.69, 9.17) is 40.0 Å². The molecule has 0 aliphatic heterocycles. The van der Waals surface area contributed by atoms with Crippen LogP contribution in [-0.2, 0) is 0 Å². The molecule has 0 saturated carbocycles. The monoisotopic (exact) mass is 900 g/mol. The second-order valence-corrected chi connectivity index (χ2v) is 15.7. The molecule has 340 valence electrons. The van der Waals surface area contributed by atoms with E-state index >= 15 is 0 Å². The SMILES string of the molecule is C=CCCCCCCCCOc1ccc(C(=O)Oc2ccc(C(=O)Oc3ccc(Cl)c(OC(=O)c4ccc(OC(=O)c5ccc(OCCCCCCCCC=C)cc5)cc4)c3)cc2)cc1. The van der Waals surface area contributed by atoms with E-state index in [1.165, 1.54) is 118 Å². The number of allylic oxidation sites excluding steroid dienone is 2. The minimum absolute atomic E-state index is 0.0392. The van der Waals surface area contributed by atoms with Crippen molar-refractivity contribution in [2.45, 2.75) is 89.9 Å². The summed E-state index contributed by atoms with van der Waals surface area (Å²) in [6, 6.07) is 29.5. The molecule has 0 aliphatic rings. The number of unbranched alkanes of at least 4 members (excludes halogenated alkanes) is 12. The van der Waals surface area contributed by atoms with E-state index in [0.717, 1.165) is 38.5 Å². The highest BCUT2D eigenvalue weighted by atomic mass is 35.5. The zero-order valence-electron chi connectivity index (χ0n) is 36.8. The summed E-state index contributed by atoms with van der Waals surface area (Å²) in [5.41, 5.74) is 1.04. The molecule has 0 heterocycles. The van der Waals surface area contributed by atoms with Crippen molar-refractivity contribution in [2.24, 2.45) is 0 Å². The number of hydrogen-bond acceptors (Lipinski definition) is 10. The van der Waals surface area contributed by atoms with E-state index in [9.17, 15) is 19.2 Å². The zero-order valence-corrected chi connectivity index (χ0v) is 37.6. The summed E-state index contributed by atoms with van der Waals surface area (Å²) >= 11 is 6.32. The summed E-state index contributed by atoms with van der Waals surface area (Å²) in [5, 5.41) is 0.107. The van der Waals surface area contributed by atoms with Crippen molar-refractivity contribution in [1.29, 1.82) is 0 Å². The molecule has 0 N–H and O–H groups in total. The molecule has 5 aromatic rings. The molecule has 0 aliphatic carbocycles. The van der Waals surface area contributed by atoms with Crippen molar-refractivity contribution in [3.8, 4) is 34.5 Å². The molecule has 0 atom stereocenters. The summed E-state index contributed by atoms with van der Waals surface area (Å²) in [6.07, 6.45) is 19.9. The summed E-state index contributed by atoms with van der Waals surface area (Å²) < 4.78 is 33.7. The van der Waals surface area contributed by atoms with Crippen molar-refractivity contribution < 1.29 is 47.6 Å². The lowest BCUT2D eigenvalue weighted by Crippen LogP contribution is -2.11. The number of hydrogen-bond donors (Lipinski definition) is 0. The summed E-state index contributed by atoms with van der Waals surface area (Å²) in [5.74, 6) is -0.711. The van der Waals surface area contributed by atoms with Crippen LogP contribution in [0.3, 0.4) is 0 Å². The van der Waals surface area contributed by atoms with Crippen molar-refractivity contribution in [3.63, 3.8) is 0 Å². The van der Waals surface area contributed by atoms with Crippen LogP contribution < -0.4 is 28.4 Å². The third-order valence-electron chi connectivity index (χ3n) is 10.2. The summed E-state index contributed by atoms with van der Waals surface area (Å²) in [7, 11) is 0. The molecular formula is C54H57ClO10.